The molecule has 0 radical (unpaired) electrons. The normalized spacial score (nSPS) is 10.2. The zero-order valence-corrected chi connectivity index (χ0v) is 9.53. The molecule has 17 heavy (non-hydrogen) atoms. The van der Waals surface area contributed by atoms with Gasteiger partial charge in [0, 0.05) is 11.8 Å². The lowest BCUT2D eigenvalue weighted by molar-refractivity contribution is 0.416. The predicted octanol–water partition coefficient (Wildman–Crippen LogP) is 1.05. The third kappa shape index (κ3) is 2.13. The number of ether oxygens (including phenoxy) is 1. The first-order valence-electron chi connectivity index (χ1n) is 5.09. The van der Waals surface area contributed by atoms with E-state index in [9.17, 15) is 9.59 Å². The molecule has 1 heterocycles. The zero-order chi connectivity index (χ0) is 12.4. The lowest BCUT2D eigenvalue weighted by atomic mass is 10.1. The van der Waals surface area contributed by atoms with Crippen LogP contribution >= 0.6 is 0 Å². The highest BCUT2D eigenvalue weighted by Crippen LogP contribution is 2.27. The minimum absolute atomic E-state index is 0.380. The van der Waals surface area contributed by atoms with E-state index in [1.807, 2.05) is 19.1 Å². The van der Waals surface area contributed by atoms with E-state index in [0.29, 0.717) is 16.9 Å². The summed E-state index contributed by atoms with van der Waals surface area (Å²) < 4.78 is 5.20. The van der Waals surface area contributed by atoms with E-state index in [-0.39, 0.29) is 0 Å². The maximum absolute atomic E-state index is 11.7. The van der Waals surface area contributed by atoms with E-state index in [4.69, 9.17) is 4.74 Å². The molecule has 0 saturated heterocycles. The smallest absolute Gasteiger partial charge is 0.325 e. The molecule has 0 atom stereocenters. The summed E-state index contributed by atoms with van der Waals surface area (Å²) in [5.41, 5.74) is 1.09. The molecule has 0 saturated carbocycles. The average Bonchev–Trinajstić information content (AvgIpc) is 2.29. The van der Waals surface area contributed by atoms with Crippen molar-refractivity contribution in [2.75, 3.05) is 7.11 Å². The van der Waals surface area contributed by atoms with Crippen molar-refractivity contribution in [1.29, 1.82) is 0 Å². The Morgan fingerprint density at radius 3 is 2.59 bits per heavy atom. The van der Waals surface area contributed by atoms with Gasteiger partial charge >= 0.3 is 5.69 Å². The number of aryl methyl sites for hydroxylation is 1. The van der Waals surface area contributed by atoms with Crippen molar-refractivity contribution in [2.24, 2.45) is 0 Å². The van der Waals surface area contributed by atoms with Crippen LogP contribution in [0.3, 0.4) is 0 Å². The van der Waals surface area contributed by atoms with Crippen molar-refractivity contribution >= 4 is 0 Å². The van der Waals surface area contributed by atoms with Gasteiger partial charge in [-0.1, -0.05) is 11.6 Å². The highest BCUT2D eigenvalue weighted by Gasteiger charge is 2.09. The van der Waals surface area contributed by atoms with Crippen LogP contribution in [0, 0.1) is 6.92 Å². The number of nitrogens with one attached hydrogen (secondary N) is 2. The van der Waals surface area contributed by atoms with Gasteiger partial charge in [0.05, 0.1) is 12.7 Å². The first-order chi connectivity index (χ1) is 8.11. The van der Waals surface area contributed by atoms with E-state index in [1.165, 1.54) is 13.3 Å². The maximum atomic E-state index is 11.7. The van der Waals surface area contributed by atoms with Gasteiger partial charge in [-0.2, -0.15) is 0 Å². The molecule has 5 nitrogen and oxygen atoms in total. The summed E-state index contributed by atoms with van der Waals surface area (Å²) in [5.74, 6) is 0.591. The number of hydrogen-bond acceptors (Lipinski definition) is 3. The predicted molar refractivity (Wildman–Crippen MR) is 64.4 cm³/mol. The maximum Gasteiger partial charge on any atom is 0.325 e. The van der Waals surface area contributed by atoms with Crippen molar-refractivity contribution in [1.82, 2.24) is 9.97 Å². The molecule has 1 aromatic carbocycles. The summed E-state index contributed by atoms with van der Waals surface area (Å²) in [6.07, 6.45) is 1.39. The topological polar surface area (TPSA) is 75.0 Å². The Hall–Kier alpha value is -2.30. The number of aromatic nitrogens is 2. The minimum Gasteiger partial charge on any atom is -0.496 e. The van der Waals surface area contributed by atoms with E-state index >= 15 is 0 Å². The molecule has 5 heteroatoms. The Labute approximate surface area is 97.1 Å². The number of hydrogen-bond donors (Lipinski definition) is 2. The van der Waals surface area contributed by atoms with Gasteiger partial charge in [0.1, 0.15) is 5.75 Å². The van der Waals surface area contributed by atoms with Gasteiger partial charge in [-0.15, -0.1) is 0 Å². The summed E-state index contributed by atoms with van der Waals surface area (Å²) in [6.45, 7) is 1.92. The first-order valence-corrected chi connectivity index (χ1v) is 5.09. The quantitative estimate of drug-likeness (QED) is 0.812. The van der Waals surface area contributed by atoms with Crippen molar-refractivity contribution in [3.8, 4) is 16.9 Å². The molecule has 2 rings (SSSR count). The molecule has 0 bridgehead atoms. The van der Waals surface area contributed by atoms with E-state index in [1.54, 1.807) is 6.07 Å². The van der Waals surface area contributed by atoms with Crippen LogP contribution in [0.4, 0.5) is 0 Å². The van der Waals surface area contributed by atoms with Crippen LogP contribution in [-0.2, 0) is 0 Å². The lowest BCUT2D eigenvalue weighted by Crippen LogP contribution is -2.22. The highest BCUT2D eigenvalue weighted by atomic mass is 16.5. The van der Waals surface area contributed by atoms with Crippen LogP contribution in [0.15, 0.2) is 34.0 Å². The molecular weight excluding hydrogens is 220 g/mol. The zero-order valence-electron chi connectivity index (χ0n) is 9.53. The fourth-order valence-electron chi connectivity index (χ4n) is 1.64. The van der Waals surface area contributed by atoms with Gasteiger partial charge in [-0.3, -0.25) is 9.78 Å². The van der Waals surface area contributed by atoms with Gasteiger partial charge in [0.15, 0.2) is 0 Å². The molecule has 0 amide bonds. The lowest BCUT2D eigenvalue weighted by Gasteiger charge is -2.08. The molecule has 2 aromatic rings. The number of rotatable bonds is 2. The summed E-state index contributed by atoms with van der Waals surface area (Å²) in [5, 5.41) is 0. The summed E-state index contributed by atoms with van der Waals surface area (Å²) in [7, 11) is 1.54. The monoisotopic (exact) mass is 232 g/mol. The number of methoxy groups -OCH3 is 1. The molecular formula is C12H12N2O3. The van der Waals surface area contributed by atoms with E-state index in [0.717, 1.165) is 5.56 Å². The Balaban J connectivity index is 2.71. The fraction of sp³-hybridized carbons (Fsp3) is 0.167. The van der Waals surface area contributed by atoms with Crippen LogP contribution in [0.5, 0.6) is 5.75 Å². The standard InChI is InChI=1S/C12H12N2O3/c1-7-3-4-10(17-2)8(5-7)9-6-13-12(16)14-11(9)15/h3-6H,1-2H3,(H2,13,14,15,16). The second-order valence-electron chi connectivity index (χ2n) is 3.69. The molecule has 0 aliphatic carbocycles. The van der Waals surface area contributed by atoms with E-state index < -0.39 is 11.2 Å². The molecule has 0 spiro atoms. The van der Waals surface area contributed by atoms with E-state index in [2.05, 4.69) is 9.97 Å². The number of H-pyrrole nitrogens is 2. The Morgan fingerprint density at radius 2 is 1.94 bits per heavy atom. The van der Waals surface area contributed by atoms with Gasteiger partial charge in [0.25, 0.3) is 5.56 Å². The second kappa shape index (κ2) is 4.29. The molecule has 0 unspecified atom stereocenters. The Kier molecular flexibility index (Phi) is 2.82. The summed E-state index contributed by atoms with van der Waals surface area (Å²) >= 11 is 0. The van der Waals surface area contributed by atoms with Crippen LogP contribution in [0.25, 0.3) is 11.1 Å². The van der Waals surface area contributed by atoms with Crippen molar-refractivity contribution in [3.63, 3.8) is 0 Å². The van der Waals surface area contributed by atoms with Crippen LogP contribution in [0.2, 0.25) is 0 Å². The SMILES string of the molecule is COc1ccc(C)cc1-c1c[nH]c(=O)[nH]c1=O. The molecule has 88 valence electrons. The third-order valence-corrected chi connectivity index (χ3v) is 2.46. The summed E-state index contributed by atoms with van der Waals surface area (Å²) in [4.78, 5) is 27.3. The largest absolute Gasteiger partial charge is 0.496 e. The van der Waals surface area contributed by atoms with Gasteiger partial charge in [-0.25, -0.2) is 4.79 Å². The number of benzene rings is 1. The summed E-state index contributed by atoms with van der Waals surface area (Å²) in [6, 6.07) is 5.51. The van der Waals surface area contributed by atoms with Crippen molar-refractivity contribution in [2.45, 2.75) is 6.92 Å². The second-order valence-corrected chi connectivity index (χ2v) is 3.69. The molecule has 0 aliphatic heterocycles. The van der Waals surface area contributed by atoms with Crippen LogP contribution in [0.1, 0.15) is 5.56 Å². The molecule has 0 fully saturated rings. The van der Waals surface area contributed by atoms with Crippen LogP contribution < -0.4 is 16.0 Å². The Morgan fingerprint density at radius 1 is 1.18 bits per heavy atom. The molecule has 2 N–H and O–H groups in total. The van der Waals surface area contributed by atoms with Gasteiger partial charge in [-0.05, 0) is 19.1 Å². The van der Waals surface area contributed by atoms with Gasteiger partial charge in [0.2, 0.25) is 0 Å². The number of aromatic amines is 2. The molecule has 1 aromatic heterocycles. The average molecular weight is 232 g/mol. The first kappa shape index (κ1) is 11.2. The fourth-order valence-corrected chi connectivity index (χ4v) is 1.64. The van der Waals surface area contributed by atoms with Crippen molar-refractivity contribution < 1.29 is 4.74 Å². The Bertz CT molecular complexity index is 655. The minimum atomic E-state index is -0.523. The highest BCUT2D eigenvalue weighted by molar-refractivity contribution is 5.69. The third-order valence-electron chi connectivity index (χ3n) is 2.46. The van der Waals surface area contributed by atoms with Crippen molar-refractivity contribution in [3.05, 3.63) is 50.8 Å². The van der Waals surface area contributed by atoms with Crippen LogP contribution in [-0.4, -0.2) is 17.1 Å². The molecule has 0 aliphatic rings. The van der Waals surface area contributed by atoms with Gasteiger partial charge < -0.3 is 9.72 Å².